The van der Waals surface area contributed by atoms with Crippen molar-refractivity contribution in [3.63, 3.8) is 0 Å². The standard InChI is InChI=1S/C24H25FN4S/c1-24(2)12-17(16-29(24)30-22-6-4-21(25)5-7-22)15-28-10-9-19-11-18(3-8-23(19)28)20-13-26-27-14-20/h3-11,13-14,17H,12,15-16H2,1-2H3,(H,26,27). The lowest BCUT2D eigenvalue weighted by Crippen LogP contribution is -2.32. The van der Waals surface area contributed by atoms with Crippen LogP contribution in [0.3, 0.4) is 0 Å². The van der Waals surface area contributed by atoms with Crippen molar-refractivity contribution in [3.05, 3.63) is 72.9 Å². The van der Waals surface area contributed by atoms with Crippen LogP contribution in [-0.2, 0) is 6.54 Å². The lowest BCUT2D eigenvalue weighted by Gasteiger charge is -2.29. The third-order valence-electron chi connectivity index (χ3n) is 5.97. The summed E-state index contributed by atoms with van der Waals surface area (Å²) in [5.41, 5.74) is 3.65. The van der Waals surface area contributed by atoms with Gasteiger partial charge < -0.3 is 4.57 Å². The van der Waals surface area contributed by atoms with Gasteiger partial charge in [-0.2, -0.15) is 5.10 Å². The first-order valence-electron chi connectivity index (χ1n) is 10.3. The van der Waals surface area contributed by atoms with Crippen LogP contribution in [0.2, 0.25) is 0 Å². The van der Waals surface area contributed by atoms with Gasteiger partial charge >= 0.3 is 0 Å². The van der Waals surface area contributed by atoms with E-state index in [4.69, 9.17) is 0 Å². The van der Waals surface area contributed by atoms with Crippen molar-refractivity contribution in [3.8, 4) is 11.1 Å². The first-order valence-corrected chi connectivity index (χ1v) is 11.0. The zero-order valence-corrected chi connectivity index (χ0v) is 18.0. The number of H-pyrrole nitrogens is 1. The molecule has 1 aliphatic rings. The van der Waals surface area contributed by atoms with Crippen LogP contribution in [0.5, 0.6) is 0 Å². The average Bonchev–Trinajstić information content (AvgIpc) is 3.44. The van der Waals surface area contributed by atoms with Crippen molar-refractivity contribution in [1.82, 2.24) is 19.1 Å². The summed E-state index contributed by atoms with van der Waals surface area (Å²) in [6.45, 7) is 6.61. The van der Waals surface area contributed by atoms with Crippen LogP contribution in [0.15, 0.2) is 72.0 Å². The summed E-state index contributed by atoms with van der Waals surface area (Å²) in [6, 6.07) is 15.6. The third-order valence-corrected chi connectivity index (χ3v) is 7.32. The highest BCUT2D eigenvalue weighted by Gasteiger charge is 2.39. The minimum absolute atomic E-state index is 0.0983. The van der Waals surface area contributed by atoms with E-state index in [1.54, 1.807) is 11.9 Å². The summed E-state index contributed by atoms with van der Waals surface area (Å²) >= 11 is 1.74. The molecule has 0 bridgehead atoms. The molecule has 0 spiro atoms. The van der Waals surface area contributed by atoms with Crippen LogP contribution in [0.25, 0.3) is 22.0 Å². The number of halogens is 1. The highest BCUT2D eigenvalue weighted by atomic mass is 32.2. The maximum absolute atomic E-state index is 13.2. The molecule has 0 aliphatic carbocycles. The van der Waals surface area contributed by atoms with Crippen molar-refractivity contribution in [2.24, 2.45) is 5.92 Å². The molecule has 1 saturated heterocycles. The SMILES string of the molecule is CC1(C)CC(Cn2ccc3cc(-c4cn[nH]c4)ccc32)CN1Sc1ccc(F)cc1. The first-order chi connectivity index (χ1) is 14.5. The van der Waals surface area contributed by atoms with Crippen LogP contribution in [0, 0.1) is 11.7 Å². The number of benzene rings is 2. The number of fused-ring (bicyclic) bond motifs is 1. The molecule has 154 valence electrons. The van der Waals surface area contributed by atoms with Gasteiger partial charge in [0, 0.05) is 52.4 Å². The fraction of sp³-hybridized carbons (Fsp3) is 0.292. The number of aromatic nitrogens is 3. The Hall–Kier alpha value is -2.57. The molecule has 4 nitrogen and oxygen atoms in total. The van der Waals surface area contributed by atoms with Crippen LogP contribution >= 0.6 is 11.9 Å². The second kappa shape index (κ2) is 7.60. The summed E-state index contributed by atoms with van der Waals surface area (Å²) in [6.07, 6.45) is 7.11. The monoisotopic (exact) mass is 420 g/mol. The molecule has 1 atom stereocenters. The Morgan fingerprint density at radius 1 is 1.13 bits per heavy atom. The normalized spacial score (nSPS) is 19.0. The molecule has 30 heavy (non-hydrogen) atoms. The van der Waals surface area contributed by atoms with Crippen LogP contribution in [0.1, 0.15) is 20.3 Å². The molecule has 0 saturated carbocycles. The van der Waals surface area contributed by atoms with Gasteiger partial charge in [-0.15, -0.1) is 0 Å². The molecular weight excluding hydrogens is 395 g/mol. The molecular formula is C24H25FN4S. The van der Waals surface area contributed by atoms with Gasteiger partial charge in [-0.1, -0.05) is 6.07 Å². The van der Waals surface area contributed by atoms with E-state index in [1.807, 2.05) is 24.5 Å². The number of rotatable bonds is 5. The lowest BCUT2D eigenvalue weighted by atomic mass is 9.97. The third kappa shape index (κ3) is 3.77. The molecule has 6 heteroatoms. The molecule has 2 aromatic heterocycles. The lowest BCUT2D eigenvalue weighted by molar-refractivity contribution is 0.319. The molecule has 2 aromatic carbocycles. The molecule has 4 aromatic rings. The Bertz CT molecular complexity index is 1150. The van der Waals surface area contributed by atoms with E-state index >= 15 is 0 Å². The maximum Gasteiger partial charge on any atom is 0.123 e. The largest absolute Gasteiger partial charge is 0.347 e. The molecule has 5 rings (SSSR count). The molecule has 1 unspecified atom stereocenters. The first kappa shape index (κ1) is 19.4. The van der Waals surface area contributed by atoms with Gasteiger partial charge in [0.05, 0.1) is 6.20 Å². The summed E-state index contributed by atoms with van der Waals surface area (Å²) in [4.78, 5) is 1.09. The average molecular weight is 421 g/mol. The summed E-state index contributed by atoms with van der Waals surface area (Å²) in [7, 11) is 0. The van der Waals surface area contributed by atoms with E-state index in [-0.39, 0.29) is 11.4 Å². The number of aromatic amines is 1. The maximum atomic E-state index is 13.2. The summed E-state index contributed by atoms with van der Waals surface area (Å²) < 4.78 is 18.1. The summed E-state index contributed by atoms with van der Waals surface area (Å²) in [5, 5.41) is 8.19. The molecule has 1 N–H and O–H groups in total. The van der Waals surface area contributed by atoms with Crippen molar-refractivity contribution in [2.45, 2.75) is 37.2 Å². The number of nitrogens with one attached hydrogen (secondary N) is 1. The summed E-state index contributed by atoms with van der Waals surface area (Å²) in [5.74, 6) is 0.380. The topological polar surface area (TPSA) is 36.9 Å². The second-order valence-electron chi connectivity index (χ2n) is 8.72. The second-order valence-corrected chi connectivity index (χ2v) is 9.81. The zero-order valence-electron chi connectivity index (χ0n) is 17.2. The highest BCUT2D eigenvalue weighted by molar-refractivity contribution is 7.97. The number of hydrogen-bond donors (Lipinski definition) is 1. The molecule has 0 amide bonds. The van der Waals surface area contributed by atoms with Crippen molar-refractivity contribution in [1.29, 1.82) is 0 Å². The van der Waals surface area contributed by atoms with E-state index in [1.165, 1.54) is 28.6 Å². The van der Waals surface area contributed by atoms with Crippen LogP contribution < -0.4 is 0 Å². The van der Waals surface area contributed by atoms with Gasteiger partial charge in [-0.05, 0) is 86.2 Å². The Balaban J connectivity index is 1.32. The number of hydrogen-bond acceptors (Lipinski definition) is 3. The fourth-order valence-electron chi connectivity index (χ4n) is 4.49. The van der Waals surface area contributed by atoms with Gasteiger partial charge in [-0.3, -0.25) is 5.10 Å². The van der Waals surface area contributed by atoms with E-state index in [0.29, 0.717) is 5.92 Å². The quantitative estimate of drug-likeness (QED) is 0.404. The number of nitrogens with zero attached hydrogens (tertiary/aromatic N) is 3. The van der Waals surface area contributed by atoms with Gasteiger partial charge in [0.25, 0.3) is 0 Å². The Morgan fingerprint density at radius 3 is 2.73 bits per heavy atom. The van der Waals surface area contributed by atoms with E-state index in [9.17, 15) is 4.39 Å². The van der Waals surface area contributed by atoms with Gasteiger partial charge in [-0.25, -0.2) is 8.70 Å². The Morgan fingerprint density at radius 2 is 1.97 bits per heavy atom. The van der Waals surface area contributed by atoms with E-state index < -0.39 is 0 Å². The van der Waals surface area contributed by atoms with Crippen molar-refractivity contribution < 1.29 is 4.39 Å². The zero-order chi connectivity index (χ0) is 20.7. The predicted octanol–water partition coefficient (Wildman–Crippen LogP) is 5.98. The van der Waals surface area contributed by atoms with Crippen LogP contribution in [-0.4, -0.2) is 31.2 Å². The fourth-order valence-corrected chi connectivity index (χ4v) is 5.61. The van der Waals surface area contributed by atoms with Crippen LogP contribution in [0.4, 0.5) is 4.39 Å². The van der Waals surface area contributed by atoms with E-state index in [2.05, 4.69) is 63.4 Å². The predicted molar refractivity (Wildman–Crippen MR) is 121 cm³/mol. The van der Waals surface area contributed by atoms with Crippen molar-refractivity contribution in [2.75, 3.05) is 6.54 Å². The van der Waals surface area contributed by atoms with Gasteiger partial charge in [0.1, 0.15) is 5.82 Å². The van der Waals surface area contributed by atoms with Gasteiger partial charge in [0.2, 0.25) is 0 Å². The van der Waals surface area contributed by atoms with E-state index in [0.717, 1.165) is 30.0 Å². The van der Waals surface area contributed by atoms with Crippen molar-refractivity contribution >= 4 is 22.9 Å². The smallest absolute Gasteiger partial charge is 0.123 e. The minimum atomic E-state index is -0.187. The highest BCUT2D eigenvalue weighted by Crippen LogP contribution is 2.41. The van der Waals surface area contributed by atoms with Gasteiger partial charge in [0.15, 0.2) is 0 Å². The molecule has 1 fully saturated rings. The minimum Gasteiger partial charge on any atom is -0.347 e. The molecule has 1 aliphatic heterocycles. The Labute approximate surface area is 180 Å². The molecule has 3 heterocycles. The Kier molecular flexibility index (Phi) is 4.91. The molecule has 0 radical (unpaired) electrons.